The van der Waals surface area contributed by atoms with Gasteiger partial charge in [0.1, 0.15) is 0 Å². The van der Waals surface area contributed by atoms with Crippen LogP contribution in [0.4, 0.5) is 0 Å². The van der Waals surface area contributed by atoms with E-state index in [0.29, 0.717) is 11.4 Å². The molecule has 74 valence electrons. The highest BCUT2D eigenvalue weighted by Gasteiger charge is 2.25. The second kappa shape index (κ2) is 2.93. The molecule has 0 amide bonds. The van der Waals surface area contributed by atoms with Gasteiger partial charge in [-0.25, -0.2) is 8.42 Å². The van der Waals surface area contributed by atoms with Crippen molar-refractivity contribution in [2.45, 2.75) is 18.4 Å². The van der Waals surface area contributed by atoms with Crippen LogP contribution in [0.1, 0.15) is 18.1 Å². The van der Waals surface area contributed by atoms with Crippen LogP contribution in [-0.4, -0.2) is 8.42 Å². The molecule has 14 heavy (non-hydrogen) atoms. The van der Waals surface area contributed by atoms with Crippen LogP contribution >= 0.6 is 0 Å². The molecule has 0 saturated heterocycles. The molecular weight excluding hydrogens is 198 g/mol. The van der Waals surface area contributed by atoms with Crippen LogP contribution in [0.5, 0.6) is 0 Å². The van der Waals surface area contributed by atoms with Crippen LogP contribution in [0.3, 0.4) is 0 Å². The lowest BCUT2D eigenvalue weighted by molar-refractivity contribution is 0.605. The molecule has 0 radical (unpaired) electrons. The fraction of sp³-hybridized carbons (Fsp3) is 0.200. The van der Waals surface area contributed by atoms with Crippen molar-refractivity contribution < 1.29 is 8.42 Å². The molecule has 0 unspecified atom stereocenters. The van der Waals surface area contributed by atoms with Gasteiger partial charge in [0.15, 0.2) is 0 Å². The number of fused-ring (bicyclic) bond motifs is 1. The molecule has 1 aromatic carbocycles. The van der Waals surface area contributed by atoms with Crippen molar-refractivity contribution in [3.05, 3.63) is 34.7 Å². The van der Waals surface area contributed by atoms with Crippen LogP contribution < -0.4 is 5.73 Å². The van der Waals surface area contributed by atoms with Crippen molar-refractivity contribution in [1.82, 2.24) is 0 Å². The molecule has 1 aromatic rings. The summed E-state index contributed by atoms with van der Waals surface area (Å²) in [5.74, 6) is 0. The summed E-state index contributed by atoms with van der Waals surface area (Å²) < 4.78 is 23.2. The predicted octanol–water partition coefficient (Wildman–Crippen LogP) is 1.29. The molecule has 4 heteroatoms. The Morgan fingerprint density at radius 2 is 2.07 bits per heavy atom. The summed E-state index contributed by atoms with van der Waals surface area (Å²) in [6.45, 7) is 2.16. The first-order chi connectivity index (χ1) is 6.56. The molecule has 1 heterocycles. The summed E-state index contributed by atoms with van der Waals surface area (Å²) in [7, 11) is -3.20. The number of allylic oxidation sites excluding steroid dienone is 1. The summed E-state index contributed by atoms with van der Waals surface area (Å²) in [6.07, 6.45) is 0. The van der Waals surface area contributed by atoms with Gasteiger partial charge in [-0.05, 0) is 24.1 Å². The molecule has 0 atom stereocenters. The minimum Gasteiger partial charge on any atom is -0.326 e. The van der Waals surface area contributed by atoms with Crippen molar-refractivity contribution in [3.63, 3.8) is 0 Å². The Morgan fingerprint density at radius 3 is 2.71 bits per heavy atom. The minimum atomic E-state index is -3.20. The molecule has 0 bridgehead atoms. The van der Waals surface area contributed by atoms with Crippen molar-refractivity contribution in [3.8, 4) is 0 Å². The average Bonchev–Trinajstić information content (AvgIpc) is 2.38. The molecule has 1 aliphatic heterocycles. The topological polar surface area (TPSA) is 60.2 Å². The van der Waals surface area contributed by atoms with Crippen LogP contribution in [0, 0.1) is 0 Å². The zero-order chi connectivity index (χ0) is 10.3. The van der Waals surface area contributed by atoms with E-state index < -0.39 is 9.84 Å². The number of benzene rings is 1. The summed E-state index contributed by atoms with van der Waals surface area (Å²) in [6, 6.07) is 5.21. The first-order valence-corrected chi connectivity index (χ1v) is 5.86. The predicted molar refractivity (Wildman–Crippen MR) is 55.2 cm³/mol. The van der Waals surface area contributed by atoms with E-state index in [9.17, 15) is 8.42 Å². The van der Waals surface area contributed by atoms with Gasteiger partial charge in [0.05, 0.1) is 4.90 Å². The number of sulfone groups is 1. The summed E-state index contributed by atoms with van der Waals surface area (Å²) >= 11 is 0. The van der Waals surface area contributed by atoms with E-state index in [1.54, 1.807) is 19.1 Å². The summed E-state index contributed by atoms with van der Waals surface area (Å²) in [5.41, 5.74) is 8.00. The van der Waals surface area contributed by atoms with Crippen LogP contribution in [0.2, 0.25) is 0 Å². The van der Waals surface area contributed by atoms with Gasteiger partial charge < -0.3 is 5.73 Å². The molecule has 0 aromatic heterocycles. The highest BCUT2D eigenvalue weighted by Crippen LogP contribution is 2.34. The molecule has 0 aliphatic carbocycles. The standard InChI is InChI=1S/C10H11NO2S/c1-7-6-14(12,13)9-4-2-3-8(5-11)10(7)9/h2-4,6H,5,11H2,1H3. The first-order valence-electron chi connectivity index (χ1n) is 4.32. The minimum absolute atomic E-state index is 0.365. The zero-order valence-corrected chi connectivity index (χ0v) is 8.64. The average molecular weight is 209 g/mol. The Morgan fingerprint density at radius 1 is 1.36 bits per heavy atom. The van der Waals surface area contributed by atoms with Gasteiger partial charge in [0, 0.05) is 17.5 Å². The largest absolute Gasteiger partial charge is 0.326 e. The third-order valence-electron chi connectivity index (χ3n) is 2.37. The third kappa shape index (κ3) is 1.19. The summed E-state index contributed by atoms with van der Waals surface area (Å²) in [4.78, 5) is 0.387. The van der Waals surface area contributed by atoms with Gasteiger partial charge in [-0.15, -0.1) is 0 Å². The number of hydrogen-bond acceptors (Lipinski definition) is 3. The maximum atomic E-state index is 11.6. The zero-order valence-electron chi connectivity index (χ0n) is 7.82. The van der Waals surface area contributed by atoms with E-state index in [2.05, 4.69) is 0 Å². The van der Waals surface area contributed by atoms with Gasteiger partial charge in [0.25, 0.3) is 0 Å². The Bertz CT molecular complexity index is 515. The Labute approximate surface area is 83.2 Å². The fourth-order valence-corrected chi connectivity index (χ4v) is 3.34. The lowest BCUT2D eigenvalue weighted by Gasteiger charge is -2.05. The smallest absolute Gasteiger partial charge is 0.200 e. The Hall–Kier alpha value is -1.13. The Balaban J connectivity index is 2.82. The Kier molecular flexibility index (Phi) is 1.97. The van der Waals surface area contributed by atoms with Crippen molar-refractivity contribution >= 4 is 15.4 Å². The molecule has 3 nitrogen and oxygen atoms in total. The van der Waals surface area contributed by atoms with E-state index in [0.717, 1.165) is 16.7 Å². The van der Waals surface area contributed by atoms with Gasteiger partial charge in [-0.2, -0.15) is 0 Å². The molecule has 2 rings (SSSR count). The number of rotatable bonds is 1. The fourth-order valence-electron chi connectivity index (χ4n) is 1.79. The van der Waals surface area contributed by atoms with E-state index in [4.69, 9.17) is 5.73 Å². The molecule has 0 saturated carbocycles. The molecule has 2 N–H and O–H groups in total. The van der Waals surface area contributed by atoms with Gasteiger partial charge in [0.2, 0.25) is 9.84 Å². The second-order valence-electron chi connectivity index (χ2n) is 3.34. The normalized spacial score (nSPS) is 17.7. The van der Waals surface area contributed by atoms with Gasteiger partial charge >= 0.3 is 0 Å². The maximum Gasteiger partial charge on any atom is 0.200 e. The quantitative estimate of drug-likeness (QED) is 0.758. The van der Waals surface area contributed by atoms with Crippen LogP contribution in [-0.2, 0) is 16.4 Å². The van der Waals surface area contributed by atoms with Gasteiger partial charge in [-0.1, -0.05) is 12.1 Å². The molecule has 1 aliphatic rings. The lowest BCUT2D eigenvalue weighted by Crippen LogP contribution is -2.02. The van der Waals surface area contributed by atoms with Crippen LogP contribution in [0.25, 0.3) is 5.57 Å². The van der Waals surface area contributed by atoms with E-state index >= 15 is 0 Å². The first kappa shape index (κ1) is 9.43. The second-order valence-corrected chi connectivity index (χ2v) is 5.11. The maximum absolute atomic E-state index is 11.6. The molecule has 0 fully saturated rings. The molecule has 0 spiro atoms. The molecular formula is C10H11NO2S. The van der Waals surface area contributed by atoms with Crippen LogP contribution in [0.15, 0.2) is 28.5 Å². The highest BCUT2D eigenvalue weighted by molar-refractivity contribution is 7.95. The van der Waals surface area contributed by atoms with Gasteiger partial charge in [-0.3, -0.25) is 0 Å². The van der Waals surface area contributed by atoms with Crippen molar-refractivity contribution in [2.24, 2.45) is 5.73 Å². The van der Waals surface area contributed by atoms with E-state index in [1.807, 2.05) is 6.07 Å². The lowest BCUT2D eigenvalue weighted by atomic mass is 10.0. The van der Waals surface area contributed by atoms with Crippen molar-refractivity contribution in [1.29, 1.82) is 0 Å². The highest BCUT2D eigenvalue weighted by atomic mass is 32.2. The summed E-state index contributed by atoms with van der Waals surface area (Å²) in [5, 5.41) is 1.30. The number of hydrogen-bond donors (Lipinski definition) is 1. The van der Waals surface area contributed by atoms with E-state index in [1.165, 1.54) is 5.41 Å². The SMILES string of the molecule is CC1=CS(=O)(=O)c2cccc(CN)c21. The van der Waals surface area contributed by atoms with Crippen molar-refractivity contribution in [2.75, 3.05) is 0 Å². The van der Waals surface area contributed by atoms with E-state index in [-0.39, 0.29) is 0 Å². The number of nitrogens with two attached hydrogens (primary N) is 1. The third-order valence-corrected chi connectivity index (χ3v) is 3.98. The monoisotopic (exact) mass is 209 g/mol.